The summed E-state index contributed by atoms with van der Waals surface area (Å²) in [4.78, 5) is 22.8. The summed E-state index contributed by atoms with van der Waals surface area (Å²) in [5.74, 6) is -1.18. The van der Waals surface area contributed by atoms with Crippen molar-refractivity contribution in [3.05, 3.63) is 35.6 Å². The molecule has 0 radical (unpaired) electrons. The van der Waals surface area contributed by atoms with E-state index in [1.54, 1.807) is 39.0 Å². The van der Waals surface area contributed by atoms with Crippen LogP contribution >= 0.6 is 0 Å². The van der Waals surface area contributed by atoms with Gasteiger partial charge in [-0.3, -0.25) is 4.79 Å². The molecule has 116 valence electrons. The molecule has 1 atom stereocenters. The van der Waals surface area contributed by atoms with E-state index in [1.807, 2.05) is 0 Å². The Labute approximate surface area is 123 Å². The van der Waals surface area contributed by atoms with E-state index >= 15 is 0 Å². The first-order valence-electron chi connectivity index (χ1n) is 6.62. The number of esters is 1. The first kappa shape index (κ1) is 17.1. The molecule has 0 unspecified atom stereocenters. The average Bonchev–Trinajstić information content (AvgIpc) is 2.34. The summed E-state index contributed by atoms with van der Waals surface area (Å²) in [6.45, 7) is 4.98. The summed E-state index contributed by atoms with van der Waals surface area (Å²) >= 11 is 0. The number of carbonyl (C=O) groups is 2. The molecule has 0 saturated heterocycles. The Morgan fingerprint density at radius 1 is 1.29 bits per heavy atom. The minimum Gasteiger partial charge on any atom is -0.428 e. The van der Waals surface area contributed by atoms with Crippen LogP contribution in [0.15, 0.2) is 24.3 Å². The summed E-state index contributed by atoms with van der Waals surface area (Å²) in [6.07, 6.45) is -0.982. The largest absolute Gasteiger partial charge is 0.516 e. The maximum atomic E-state index is 13.5. The molecule has 0 fully saturated rings. The number of benzene rings is 1. The molecular weight excluding hydrogens is 277 g/mol. The van der Waals surface area contributed by atoms with Gasteiger partial charge in [-0.1, -0.05) is 18.2 Å². The highest BCUT2D eigenvalue weighted by Crippen LogP contribution is 2.19. The van der Waals surface area contributed by atoms with Gasteiger partial charge in [0, 0.05) is 18.0 Å². The Balaban J connectivity index is 2.43. The van der Waals surface area contributed by atoms with E-state index in [9.17, 15) is 14.0 Å². The van der Waals surface area contributed by atoms with Crippen LogP contribution in [0.4, 0.5) is 9.18 Å². The van der Waals surface area contributed by atoms with Crippen LogP contribution in [0.1, 0.15) is 45.2 Å². The number of halogens is 1. The van der Waals surface area contributed by atoms with Crippen molar-refractivity contribution in [2.24, 2.45) is 5.73 Å². The van der Waals surface area contributed by atoms with Gasteiger partial charge < -0.3 is 15.2 Å². The van der Waals surface area contributed by atoms with Gasteiger partial charge in [0.1, 0.15) is 11.4 Å². The molecule has 0 aliphatic carbocycles. The van der Waals surface area contributed by atoms with Gasteiger partial charge in [0.2, 0.25) is 0 Å². The number of hydrogen-bond acceptors (Lipinski definition) is 5. The fourth-order valence-electron chi connectivity index (χ4n) is 1.62. The standard InChI is InChI=1S/C15H20FNO4/c1-15(2,3)21-14(19)20-13(18)9-8-12(17)10-6-4-5-7-11(10)16/h4-7,12H,8-9,17H2,1-3H3/t12-/m1/s1. The number of carbonyl (C=O) groups excluding carboxylic acids is 2. The number of nitrogens with two attached hydrogens (primary N) is 1. The molecule has 0 aliphatic heterocycles. The van der Waals surface area contributed by atoms with E-state index in [-0.39, 0.29) is 12.8 Å². The summed E-state index contributed by atoms with van der Waals surface area (Å²) in [7, 11) is 0. The highest BCUT2D eigenvalue weighted by atomic mass is 19.1. The maximum absolute atomic E-state index is 13.5. The van der Waals surface area contributed by atoms with Crippen LogP contribution in [0.2, 0.25) is 0 Å². The molecule has 6 heteroatoms. The molecular formula is C15H20FNO4. The van der Waals surface area contributed by atoms with Crippen LogP contribution in [-0.4, -0.2) is 17.7 Å². The minimum atomic E-state index is -1.05. The Hall–Kier alpha value is -1.95. The third kappa shape index (κ3) is 6.35. The minimum absolute atomic E-state index is 0.102. The first-order chi connectivity index (χ1) is 9.69. The Morgan fingerprint density at radius 3 is 2.48 bits per heavy atom. The van der Waals surface area contributed by atoms with Crippen LogP contribution < -0.4 is 5.73 Å². The zero-order valence-electron chi connectivity index (χ0n) is 12.4. The molecule has 0 saturated carbocycles. The highest BCUT2D eigenvalue weighted by molar-refractivity contribution is 5.81. The molecule has 21 heavy (non-hydrogen) atoms. The summed E-state index contributed by atoms with van der Waals surface area (Å²) in [6, 6.07) is 5.44. The lowest BCUT2D eigenvalue weighted by atomic mass is 10.0. The quantitative estimate of drug-likeness (QED) is 0.682. The third-order valence-corrected chi connectivity index (χ3v) is 2.55. The molecule has 5 nitrogen and oxygen atoms in total. The van der Waals surface area contributed by atoms with Gasteiger partial charge in [0.05, 0.1) is 0 Å². The molecule has 0 amide bonds. The molecule has 1 aromatic rings. The van der Waals surface area contributed by atoms with Gasteiger partial charge in [0.15, 0.2) is 0 Å². The summed E-state index contributed by atoms with van der Waals surface area (Å²) in [5.41, 5.74) is 5.40. The van der Waals surface area contributed by atoms with Crippen molar-refractivity contribution >= 4 is 12.1 Å². The lowest BCUT2D eigenvalue weighted by molar-refractivity contribution is -0.141. The van der Waals surface area contributed by atoms with E-state index in [0.717, 1.165) is 0 Å². The van der Waals surface area contributed by atoms with Crippen molar-refractivity contribution in [2.45, 2.75) is 45.3 Å². The lowest BCUT2D eigenvalue weighted by Crippen LogP contribution is -2.26. The molecule has 0 aliphatic rings. The second-order valence-electron chi connectivity index (χ2n) is 5.61. The van der Waals surface area contributed by atoms with Crippen LogP contribution in [-0.2, 0) is 14.3 Å². The third-order valence-electron chi connectivity index (χ3n) is 2.55. The fraction of sp³-hybridized carbons (Fsp3) is 0.467. The molecule has 1 rings (SSSR count). The van der Waals surface area contributed by atoms with Crippen molar-refractivity contribution in [1.29, 1.82) is 0 Å². The van der Waals surface area contributed by atoms with Gasteiger partial charge in [0.25, 0.3) is 0 Å². The molecule has 0 spiro atoms. The zero-order chi connectivity index (χ0) is 16.0. The Kier molecular flexibility index (Phi) is 5.84. The van der Waals surface area contributed by atoms with Crippen LogP contribution in [0.5, 0.6) is 0 Å². The van der Waals surface area contributed by atoms with Gasteiger partial charge >= 0.3 is 12.1 Å². The molecule has 1 aromatic carbocycles. The highest BCUT2D eigenvalue weighted by Gasteiger charge is 2.21. The average molecular weight is 297 g/mol. The smallest absolute Gasteiger partial charge is 0.428 e. The van der Waals surface area contributed by atoms with Gasteiger partial charge in [-0.2, -0.15) is 0 Å². The summed E-state index contributed by atoms with van der Waals surface area (Å²) in [5, 5.41) is 0. The SMILES string of the molecule is CC(C)(C)OC(=O)OC(=O)CC[C@@H](N)c1ccccc1F. The molecule has 0 aromatic heterocycles. The zero-order valence-corrected chi connectivity index (χ0v) is 12.4. The number of ether oxygens (including phenoxy) is 2. The van der Waals surface area contributed by atoms with Gasteiger partial charge in [-0.05, 0) is 33.3 Å². The topological polar surface area (TPSA) is 78.6 Å². The normalized spacial score (nSPS) is 12.6. The second-order valence-corrected chi connectivity index (χ2v) is 5.61. The van der Waals surface area contributed by atoms with E-state index in [0.29, 0.717) is 5.56 Å². The van der Waals surface area contributed by atoms with Crippen LogP contribution in [0, 0.1) is 5.82 Å². The van der Waals surface area contributed by atoms with Crippen LogP contribution in [0.3, 0.4) is 0 Å². The Morgan fingerprint density at radius 2 is 1.90 bits per heavy atom. The van der Waals surface area contributed by atoms with Crippen molar-refractivity contribution in [2.75, 3.05) is 0 Å². The van der Waals surface area contributed by atoms with Gasteiger partial charge in [-0.25, -0.2) is 9.18 Å². The fourth-order valence-corrected chi connectivity index (χ4v) is 1.62. The predicted octanol–water partition coefficient (Wildman–Crippen LogP) is 3.08. The van der Waals surface area contributed by atoms with Crippen molar-refractivity contribution in [3.63, 3.8) is 0 Å². The van der Waals surface area contributed by atoms with E-state index in [1.165, 1.54) is 6.07 Å². The monoisotopic (exact) mass is 297 g/mol. The number of rotatable bonds is 4. The predicted molar refractivity (Wildman–Crippen MR) is 74.9 cm³/mol. The Bertz CT molecular complexity index is 511. The first-order valence-corrected chi connectivity index (χ1v) is 6.62. The molecule has 2 N–H and O–H groups in total. The second kappa shape index (κ2) is 7.17. The lowest BCUT2D eigenvalue weighted by Gasteiger charge is -2.18. The molecule has 0 heterocycles. The van der Waals surface area contributed by atoms with Crippen molar-refractivity contribution < 1.29 is 23.5 Å². The molecule has 0 bridgehead atoms. The van der Waals surface area contributed by atoms with Crippen molar-refractivity contribution in [1.82, 2.24) is 0 Å². The maximum Gasteiger partial charge on any atom is 0.516 e. The van der Waals surface area contributed by atoms with Gasteiger partial charge in [-0.15, -0.1) is 0 Å². The van der Waals surface area contributed by atoms with E-state index < -0.39 is 29.6 Å². The van der Waals surface area contributed by atoms with Crippen LogP contribution in [0.25, 0.3) is 0 Å². The van der Waals surface area contributed by atoms with E-state index in [2.05, 4.69) is 4.74 Å². The summed E-state index contributed by atoms with van der Waals surface area (Å²) < 4.78 is 22.8. The number of hydrogen-bond donors (Lipinski definition) is 1. The van der Waals surface area contributed by atoms with E-state index in [4.69, 9.17) is 10.5 Å². The van der Waals surface area contributed by atoms with Crippen molar-refractivity contribution in [3.8, 4) is 0 Å².